The van der Waals surface area contributed by atoms with Gasteiger partial charge in [0.1, 0.15) is 11.1 Å². The summed E-state index contributed by atoms with van der Waals surface area (Å²) in [6.45, 7) is 4.95. The number of fused-ring (bicyclic) bond motifs is 1. The van der Waals surface area contributed by atoms with E-state index in [1.54, 1.807) is 11.8 Å². The highest BCUT2D eigenvalue weighted by Gasteiger charge is 2.20. The Morgan fingerprint density at radius 3 is 2.86 bits per heavy atom. The lowest BCUT2D eigenvalue weighted by atomic mass is 10.0. The Balaban J connectivity index is 1.79. The molecule has 1 aromatic heterocycles. The molecule has 1 aromatic carbocycles. The minimum absolute atomic E-state index is 0.715. The van der Waals surface area contributed by atoms with Crippen molar-refractivity contribution >= 4 is 11.8 Å². The third-order valence-electron chi connectivity index (χ3n) is 3.87. The third kappa shape index (κ3) is 3.32. The van der Waals surface area contributed by atoms with Crippen LogP contribution < -0.4 is 0 Å². The van der Waals surface area contributed by atoms with Gasteiger partial charge in [-0.05, 0) is 22.9 Å². The zero-order valence-electron chi connectivity index (χ0n) is 12.7. The highest BCUT2D eigenvalue weighted by Crippen LogP contribution is 2.26. The number of hydrogen-bond donors (Lipinski definition) is 0. The zero-order chi connectivity index (χ0) is 15.4. The van der Waals surface area contributed by atoms with Gasteiger partial charge in [-0.2, -0.15) is 5.26 Å². The predicted octanol–water partition coefficient (Wildman–Crippen LogP) is 3.62. The molecule has 0 unspecified atom stereocenters. The van der Waals surface area contributed by atoms with Gasteiger partial charge in [0.05, 0.1) is 5.56 Å². The number of thioether (sulfide) groups is 1. The molecule has 1 aliphatic heterocycles. The Labute approximate surface area is 136 Å². The Kier molecular flexibility index (Phi) is 4.77. The summed E-state index contributed by atoms with van der Waals surface area (Å²) in [5.74, 6) is 0.945. The van der Waals surface area contributed by atoms with Crippen LogP contribution in [0.3, 0.4) is 0 Å². The zero-order valence-corrected chi connectivity index (χ0v) is 13.6. The van der Waals surface area contributed by atoms with Crippen LogP contribution in [0.2, 0.25) is 0 Å². The molecule has 4 heteroatoms. The lowest BCUT2D eigenvalue weighted by Gasteiger charge is -2.28. The summed E-state index contributed by atoms with van der Waals surface area (Å²) in [6.07, 6.45) is 0.963. The van der Waals surface area contributed by atoms with Crippen molar-refractivity contribution in [2.75, 3.05) is 12.3 Å². The molecule has 0 atom stereocenters. The Morgan fingerprint density at radius 2 is 2.14 bits per heavy atom. The van der Waals surface area contributed by atoms with Crippen LogP contribution in [-0.4, -0.2) is 22.2 Å². The Bertz CT molecular complexity index is 691. The van der Waals surface area contributed by atoms with Gasteiger partial charge in [-0.25, -0.2) is 4.98 Å². The van der Waals surface area contributed by atoms with Crippen molar-refractivity contribution in [2.24, 2.45) is 0 Å². The van der Waals surface area contributed by atoms with Gasteiger partial charge in [0.25, 0.3) is 0 Å². The van der Waals surface area contributed by atoms with Gasteiger partial charge in [-0.3, -0.25) is 4.90 Å². The molecular weight excluding hydrogens is 290 g/mol. The number of benzene rings is 1. The van der Waals surface area contributed by atoms with Crippen molar-refractivity contribution in [3.8, 4) is 6.07 Å². The highest BCUT2D eigenvalue weighted by atomic mass is 32.2. The van der Waals surface area contributed by atoms with Gasteiger partial charge < -0.3 is 0 Å². The molecule has 0 spiro atoms. The van der Waals surface area contributed by atoms with E-state index in [0.717, 1.165) is 36.8 Å². The summed E-state index contributed by atoms with van der Waals surface area (Å²) in [6, 6.07) is 14.9. The summed E-state index contributed by atoms with van der Waals surface area (Å²) < 4.78 is 0. The maximum absolute atomic E-state index is 9.33. The first-order valence-corrected chi connectivity index (χ1v) is 8.60. The van der Waals surface area contributed by atoms with E-state index in [9.17, 15) is 5.26 Å². The molecule has 0 saturated heterocycles. The normalized spacial score (nSPS) is 14.4. The van der Waals surface area contributed by atoms with Crippen LogP contribution in [0.5, 0.6) is 0 Å². The fourth-order valence-corrected chi connectivity index (χ4v) is 3.52. The van der Waals surface area contributed by atoms with Crippen molar-refractivity contribution in [2.45, 2.75) is 31.5 Å². The molecule has 0 bridgehead atoms. The van der Waals surface area contributed by atoms with E-state index in [-0.39, 0.29) is 0 Å². The van der Waals surface area contributed by atoms with Crippen LogP contribution in [0.15, 0.2) is 41.4 Å². The minimum Gasteiger partial charge on any atom is -0.294 e. The molecule has 2 aromatic rings. The van der Waals surface area contributed by atoms with Gasteiger partial charge in [-0.1, -0.05) is 37.3 Å². The summed E-state index contributed by atoms with van der Waals surface area (Å²) in [7, 11) is 0. The molecule has 3 rings (SSSR count). The molecule has 0 N–H and O–H groups in total. The van der Waals surface area contributed by atoms with Crippen molar-refractivity contribution in [3.63, 3.8) is 0 Å². The summed E-state index contributed by atoms with van der Waals surface area (Å²) in [5.41, 5.74) is 4.42. The van der Waals surface area contributed by atoms with E-state index >= 15 is 0 Å². The van der Waals surface area contributed by atoms with E-state index < -0.39 is 0 Å². The SMILES string of the molecule is CCSc1nc2c(cc1C#N)CN(Cc1ccccc1)CC2. The monoisotopic (exact) mass is 309 g/mol. The molecule has 1 aliphatic rings. The fourth-order valence-electron chi connectivity index (χ4n) is 2.81. The van der Waals surface area contributed by atoms with Gasteiger partial charge in [0.2, 0.25) is 0 Å². The average Bonchev–Trinajstić information content (AvgIpc) is 2.55. The summed E-state index contributed by atoms with van der Waals surface area (Å²) >= 11 is 1.66. The summed E-state index contributed by atoms with van der Waals surface area (Å²) in [5, 5.41) is 10.2. The minimum atomic E-state index is 0.715. The lowest BCUT2D eigenvalue weighted by molar-refractivity contribution is 0.243. The largest absolute Gasteiger partial charge is 0.294 e. The van der Waals surface area contributed by atoms with E-state index in [1.807, 2.05) is 12.1 Å². The summed E-state index contributed by atoms with van der Waals surface area (Å²) in [4.78, 5) is 7.15. The molecule has 112 valence electrons. The number of nitriles is 1. The second-order valence-corrected chi connectivity index (χ2v) is 6.69. The molecule has 2 heterocycles. The van der Waals surface area contributed by atoms with E-state index in [4.69, 9.17) is 4.98 Å². The second kappa shape index (κ2) is 6.95. The lowest BCUT2D eigenvalue weighted by Crippen LogP contribution is -2.30. The Hall–Kier alpha value is -1.83. The first kappa shape index (κ1) is 15.1. The number of hydrogen-bond acceptors (Lipinski definition) is 4. The highest BCUT2D eigenvalue weighted by molar-refractivity contribution is 7.99. The van der Waals surface area contributed by atoms with Crippen LogP contribution in [0.25, 0.3) is 0 Å². The van der Waals surface area contributed by atoms with Crippen LogP contribution in [-0.2, 0) is 19.5 Å². The first-order chi connectivity index (χ1) is 10.8. The number of aromatic nitrogens is 1. The molecule has 0 fully saturated rings. The second-order valence-electron chi connectivity index (χ2n) is 5.44. The fraction of sp³-hybridized carbons (Fsp3) is 0.333. The van der Waals surface area contributed by atoms with Crippen molar-refractivity contribution in [1.29, 1.82) is 5.26 Å². The smallest absolute Gasteiger partial charge is 0.114 e. The Morgan fingerprint density at radius 1 is 1.32 bits per heavy atom. The van der Waals surface area contributed by atoms with Crippen LogP contribution >= 0.6 is 11.8 Å². The van der Waals surface area contributed by atoms with E-state index in [0.29, 0.717) is 5.56 Å². The number of nitrogens with zero attached hydrogens (tertiary/aromatic N) is 3. The van der Waals surface area contributed by atoms with Gasteiger partial charge >= 0.3 is 0 Å². The molecule has 22 heavy (non-hydrogen) atoms. The van der Waals surface area contributed by atoms with Crippen molar-refractivity contribution < 1.29 is 0 Å². The molecule has 0 radical (unpaired) electrons. The van der Waals surface area contributed by atoms with Gasteiger partial charge in [0, 0.05) is 31.7 Å². The maximum atomic E-state index is 9.33. The average molecular weight is 309 g/mol. The molecule has 0 aliphatic carbocycles. The predicted molar refractivity (Wildman–Crippen MR) is 89.6 cm³/mol. The molecule has 3 nitrogen and oxygen atoms in total. The van der Waals surface area contributed by atoms with Crippen molar-refractivity contribution in [1.82, 2.24) is 9.88 Å². The van der Waals surface area contributed by atoms with E-state index in [2.05, 4.69) is 42.2 Å². The topological polar surface area (TPSA) is 39.9 Å². The number of rotatable bonds is 4. The van der Waals surface area contributed by atoms with Crippen LogP contribution in [0.4, 0.5) is 0 Å². The third-order valence-corrected chi connectivity index (χ3v) is 4.74. The first-order valence-electron chi connectivity index (χ1n) is 7.62. The molecular formula is C18H19N3S. The van der Waals surface area contributed by atoms with Gasteiger partial charge in [-0.15, -0.1) is 11.8 Å². The number of pyridine rings is 1. The van der Waals surface area contributed by atoms with Crippen LogP contribution in [0, 0.1) is 11.3 Å². The van der Waals surface area contributed by atoms with Gasteiger partial charge in [0.15, 0.2) is 0 Å². The standard InChI is InChI=1S/C18H19N3S/c1-2-22-18-15(11-19)10-16-13-21(9-8-17(16)20-18)12-14-6-4-3-5-7-14/h3-7,10H,2,8-9,12-13H2,1H3. The molecule has 0 amide bonds. The van der Waals surface area contributed by atoms with Crippen molar-refractivity contribution in [3.05, 3.63) is 58.8 Å². The quantitative estimate of drug-likeness (QED) is 0.809. The maximum Gasteiger partial charge on any atom is 0.114 e. The van der Waals surface area contributed by atoms with E-state index in [1.165, 1.54) is 16.8 Å². The van der Waals surface area contributed by atoms with Crippen LogP contribution in [0.1, 0.15) is 29.3 Å². The molecule has 0 saturated carbocycles.